The minimum atomic E-state index is -3.94. The molecule has 0 amide bonds. The zero-order valence-electron chi connectivity index (χ0n) is 10.8. The van der Waals surface area contributed by atoms with Gasteiger partial charge in [0, 0.05) is 6.20 Å². The maximum atomic E-state index is 12.1. The third kappa shape index (κ3) is 3.89. The molecule has 0 aliphatic carbocycles. The van der Waals surface area contributed by atoms with Crippen LogP contribution in [0, 0.1) is 5.92 Å². The number of esters is 1. The number of hydrogen-bond acceptors (Lipinski definition) is 5. The van der Waals surface area contributed by atoms with Crippen molar-refractivity contribution < 1.29 is 17.9 Å². The first-order valence-electron chi connectivity index (χ1n) is 5.50. The van der Waals surface area contributed by atoms with Crippen molar-refractivity contribution in [3.63, 3.8) is 0 Å². The van der Waals surface area contributed by atoms with Gasteiger partial charge in [-0.05, 0) is 18.1 Å². The Morgan fingerprint density at radius 3 is 2.58 bits per heavy atom. The molecule has 1 rings (SSSR count). The fourth-order valence-corrected chi connectivity index (χ4v) is 3.17. The number of hydrogen-bond donors (Lipinski definition) is 1. The number of carbonyl (C=O) groups excluding carboxylic acids is 1. The van der Waals surface area contributed by atoms with Crippen LogP contribution in [-0.2, 0) is 19.6 Å². The summed E-state index contributed by atoms with van der Waals surface area (Å²) in [6, 6.07) is 1.78. The van der Waals surface area contributed by atoms with Gasteiger partial charge < -0.3 is 4.74 Å². The number of methoxy groups -OCH3 is 1. The highest BCUT2D eigenvalue weighted by molar-refractivity contribution is 7.89. The van der Waals surface area contributed by atoms with E-state index in [2.05, 4.69) is 14.4 Å². The predicted molar refractivity (Wildman–Crippen MR) is 70.2 cm³/mol. The molecular formula is C11H15ClN2O4S. The Balaban J connectivity index is 3.08. The van der Waals surface area contributed by atoms with E-state index in [4.69, 9.17) is 11.6 Å². The molecule has 1 aromatic heterocycles. The van der Waals surface area contributed by atoms with Crippen molar-refractivity contribution in [1.82, 2.24) is 9.71 Å². The van der Waals surface area contributed by atoms with Gasteiger partial charge >= 0.3 is 5.97 Å². The molecule has 0 saturated heterocycles. The SMILES string of the molecule is COC(=O)[C@H](NS(=O)(=O)c1cccnc1Cl)C(C)C. The summed E-state index contributed by atoms with van der Waals surface area (Å²) in [5.41, 5.74) is 0. The van der Waals surface area contributed by atoms with E-state index in [0.717, 1.165) is 0 Å². The van der Waals surface area contributed by atoms with E-state index in [0.29, 0.717) is 0 Å². The van der Waals surface area contributed by atoms with Gasteiger partial charge in [-0.25, -0.2) is 13.4 Å². The van der Waals surface area contributed by atoms with E-state index in [1.54, 1.807) is 13.8 Å². The third-order valence-electron chi connectivity index (χ3n) is 2.42. The van der Waals surface area contributed by atoms with Crippen LogP contribution in [0.4, 0.5) is 0 Å². The summed E-state index contributed by atoms with van der Waals surface area (Å²) in [7, 11) is -2.74. The molecule has 0 unspecified atom stereocenters. The monoisotopic (exact) mass is 306 g/mol. The maximum Gasteiger partial charge on any atom is 0.324 e. The molecule has 8 heteroatoms. The van der Waals surface area contributed by atoms with E-state index in [-0.39, 0.29) is 16.0 Å². The van der Waals surface area contributed by atoms with Crippen molar-refractivity contribution in [1.29, 1.82) is 0 Å². The molecule has 1 N–H and O–H groups in total. The summed E-state index contributed by atoms with van der Waals surface area (Å²) < 4.78 is 31.1. The third-order valence-corrected chi connectivity index (χ3v) is 4.30. The highest BCUT2D eigenvalue weighted by Gasteiger charge is 2.30. The number of nitrogens with zero attached hydrogens (tertiary/aromatic N) is 1. The Morgan fingerprint density at radius 2 is 2.11 bits per heavy atom. The number of rotatable bonds is 5. The lowest BCUT2D eigenvalue weighted by Crippen LogP contribution is -2.45. The number of sulfonamides is 1. The number of pyridine rings is 1. The van der Waals surface area contributed by atoms with Gasteiger partial charge in [0.2, 0.25) is 10.0 Å². The van der Waals surface area contributed by atoms with Gasteiger partial charge in [0.25, 0.3) is 0 Å². The lowest BCUT2D eigenvalue weighted by Gasteiger charge is -2.19. The van der Waals surface area contributed by atoms with E-state index in [1.165, 1.54) is 25.4 Å². The van der Waals surface area contributed by atoms with E-state index in [9.17, 15) is 13.2 Å². The first-order valence-corrected chi connectivity index (χ1v) is 7.36. The average molecular weight is 307 g/mol. The number of carbonyl (C=O) groups is 1. The molecule has 6 nitrogen and oxygen atoms in total. The summed E-state index contributed by atoms with van der Waals surface area (Å²) in [4.78, 5) is 15.1. The Bertz CT molecular complexity index is 560. The summed E-state index contributed by atoms with van der Waals surface area (Å²) in [6.07, 6.45) is 1.38. The van der Waals surface area contributed by atoms with Gasteiger partial charge in [-0.2, -0.15) is 4.72 Å². The smallest absolute Gasteiger partial charge is 0.324 e. The molecule has 0 bridgehead atoms. The summed E-state index contributed by atoms with van der Waals surface area (Å²) in [6.45, 7) is 3.41. The van der Waals surface area contributed by atoms with Crippen LogP contribution in [0.3, 0.4) is 0 Å². The molecule has 0 spiro atoms. The van der Waals surface area contributed by atoms with Crippen molar-refractivity contribution in [3.8, 4) is 0 Å². The maximum absolute atomic E-state index is 12.1. The highest BCUT2D eigenvalue weighted by Crippen LogP contribution is 2.19. The molecule has 0 aliphatic rings. The normalized spacial score (nSPS) is 13.3. The molecule has 1 aromatic rings. The summed E-state index contributed by atoms with van der Waals surface area (Å²) >= 11 is 5.74. The van der Waals surface area contributed by atoms with Gasteiger partial charge in [-0.3, -0.25) is 4.79 Å². The fraction of sp³-hybridized carbons (Fsp3) is 0.455. The zero-order chi connectivity index (χ0) is 14.6. The van der Waals surface area contributed by atoms with Gasteiger partial charge in [-0.1, -0.05) is 25.4 Å². The second-order valence-corrected chi connectivity index (χ2v) is 6.20. The molecule has 1 heterocycles. The van der Waals surface area contributed by atoms with Crippen molar-refractivity contribution in [3.05, 3.63) is 23.5 Å². The molecule has 0 radical (unpaired) electrons. The van der Waals surface area contributed by atoms with E-state index in [1.807, 2.05) is 0 Å². The molecule has 0 saturated carbocycles. The minimum absolute atomic E-state index is 0.151. The quantitative estimate of drug-likeness (QED) is 0.653. The van der Waals surface area contributed by atoms with Crippen LogP contribution < -0.4 is 4.72 Å². The Morgan fingerprint density at radius 1 is 1.47 bits per heavy atom. The number of aromatic nitrogens is 1. The standard InChI is InChI=1S/C11H15ClN2O4S/c1-7(2)9(11(15)18-3)14-19(16,17)8-5-4-6-13-10(8)12/h4-7,9,14H,1-3H3/t9-/m1/s1. The summed E-state index contributed by atoms with van der Waals surface area (Å²) in [5.74, 6) is -0.920. The number of halogens is 1. The second-order valence-electron chi connectivity index (χ2n) is 4.16. The van der Waals surface area contributed by atoms with Crippen LogP contribution in [0.15, 0.2) is 23.2 Å². The number of nitrogens with one attached hydrogen (secondary N) is 1. The van der Waals surface area contributed by atoms with Crippen LogP contribution in [0.25, 0.3) is 0 Å². The van der Waals surface area contributed by atoms with E-state index < -0.39 is 22.0 Å². The molecular weight excluding hydrogens is 292 g/mol. The second kappa shape index (κ2) is 6.31. The van der Waals surface area contributed by atoms with Crippen molar-refractivity contribution >= 4 is 27.6 Å². The molecule has 0 aliphatic heterocycles. The predicted octanol–water partition coefficient (Wildman–Crippen LogP) is 1.21. The van der Waals surface area contributed by atoms with Crippen LogP contribution >= 0.6 is 11.6 Å². The number of ether oxygens (including phenoxy) is 1. The molecule has 0 aromatic carbocycles. The lowest BCUT2D eigenvalue weighted by molar-refractivity contribution is -0.143. The van der Waals surface area contributed by atoms with Gasteiger partial charge in [0.15, 0.2) is 0 Å². The van der Waals surface area contributed by atoms with Gasteiger partial charge in [0.1, 0.15) is 16.1 Å². The Labute approximate surface area is 117 Å². The Hall–Kier alpha value is -1.18. The van der Waals surface area contributed by atoms with Crippen molar-refractivity contribution in [2.45, 2.75) is 24.8 Å². The molecule has 1 atom stereocenters. The largest absolute Gasteiger partial charge is 0.468 e. The van der Waals surface area contributed by atoms with Crippen molar-refractivity contribution in [2.24, 2.45) is 5.92 Å². The topological polar surface area (TPSA) is 85.4 Å². The van der Waals surface area contributed by atoms with Crippen LogP contribution in [0.5, 0.6) is 0 Å². The molecule has 106 valence electrons. The lowest BCUT2D eigenvalue weighted by atomic mass is 10.1. The van der Waals surface area contributed by atoms with Crippen molar-refractivity contribution in [2.75, 3.05) is 7.11 Å². The van der Waals surface area contributed by atoms with E-state index >= 15 is 0 Å². The van der Waals surface area contributed by atoms with Crippen LogP contribution in [-0.4, -0.2) is 32.5 Å². The first kappa shape index (κ1) is 15.9. The van der Waals surface area contributed by atoms with Gasteiger partial charge in [0.05, 0.1) is 7.11 Å². The minimum Gasteiger partial charge on any atom is -0.468 e. The highest BCUT2D eigenvalue weighted by atomic mass is 35.5. The molecule has 19 heavy (non-hydrogen) atoms. The fourth-order valence-electron chi connectivity index (χ4n) is 1.39. The molecule has 0 fully saturated rings. The Kier molecular flexibility index (Phi) is 5.28. The average Bonchev–Trinajstić information content (AvgIpc) is 2.35. The zero-order valence-corrected chi connectivity index (χ0v) is 12.3. The van der Waals surface area contributed by atoms with Gasteiger partial charge in [-0.15, -0.1) is 0 Å². The summed E-state index contributed by atoms with van der Waals surface area (Å²) in [5, 5.41) is -0.151. The van der Waals surface area contributed by atoms with Crippen LogP contribution in [0.2, 0.25) is 5.15 Å². The van der Waals surface area contributed by atoms with Crippen LogP contribution in [0.1, 0.15) is 13.8 Å². The first-order chi connectivity index (χ1) is 8.79.